The maximum Gasteiger partial charge on any atom is 0.145 e. The number of nitrogens with one attached hydrogen (secondary N) is 1. The van der Waals surface area contributed by atoms with Crippen LogP contribution in [0.3, 0.4) is 0 Å². The highest BCUT2D eigenvalue weighted by molar-refractivity contribution is 8.11. The molecule has 0 aromatic heterocycles. The average Bonchev–Trinajstić information content (AvgIpc) is 2.16. The molecule has 0 amide bonds. The van der Waals surface area contributed by atoms with Gasteiger partial charge in [-0.1, -0.05) is 33.0 Å². The van der Waals surface area contributed by atoms with Crippen LogP contribution in [-0.2, 0) is 0 Å². The number of nitrogens with zero attached hydrogens (tertiary/aromatic N) is 2. The van der Waals surface area contributed by atoms with Crippen LogP contribution in [0.5, 0.6) is 0 Å². The van der Waals surface area contributed by atoms with Crippen molar-refractivity contribution in [3.63, 3.8) is 0 Å². The molecule has 0 saturated heterocycles. The van der Waals surface area contributed by atoms with E-state index < -0.39 is 0 Å². The van der Waals surface area contributed by atoms with Crippen molar-refractivity contribution in [1.82, 2.24) is 10.4 Å². The van der Waals surface area contributed by atoms with E-state index in [9.17, 15) is 0 Å². The molecule has 3 nitrogen and oxygen atoms in total. The fraction of sp³-hybridized carbons (Fsp3) is 0.778. The zero-order chi connectivity index (χ0) is 11.4. The van der Waals surface area contributed by atoms with E-state index >= 15 is 0 Å². The van der Waals surface area contributed by atoms with Crippen LogP contribution in [0.2, 0.25) is 0 Å². The number of thiocarbonyl (C=S) groups is 1. The Morgan fingerprint density at radius 1 is 1.43 bits per heavy atom. The normalized spacial score (nSPS) is 8.57. The number of hydrogen-bond acceptors (Lipinski definition) is 3. The molecule has 0 rings (SSSR count). The SMILES string of the molecule is CCCC#N.CCN(CC)NC(=S)S. The van der Waals surface area contributed by atoms with Gasteiger partial charge < -0.3 is 5.43 Å². The van der Waals surface area contributed by atoms with E-state index in [1.54, 1.807) is 0 Å². The zero-order valence-electron chi connectivity index (χ0n) is 9.08. The second-order valence-electron chi connectivity index (χ2n) is 2.50. The van der Waals surface area contributed by atoms with Crippen LogP contribution < -0.4 is 5.43 Å². The number of thiol groups is 1. The minimum Gasteiger partial charge on any atom is -0.304 e. The first-order chi connectivity index (χ1) is 6.62. The van der Waals surface area contributed by atoms with E-state index in [2.05, 4.69) is 31.9 Å². The Balaban J connectivity index is 0. The van der Waals surface area contributed by atoms with E-state index in [0.29, 0.717) is 10.7 Å². The molecular formula is C9H19N3S2. The molecule has 0 saturated carbocycles. The molecular weight excluding hydrogens is 214 g/mol. The van der Waals surface area contributed by atoms with Gasteiger partial charge in [0.2, 0.25) is 0 Å². The lowest BCUT2D eigenvalue weighted by molar-refractivity contribution is 0.267. The van der Waals surface area contributed by atoms with Crippen LogP contribution in [0.25, 0.3) is 0 Å². The third kappa shape index (κ3) is 14.2. The van der Waals surface area contributed by atoms with Crippen molar-refractivity contribution < 1.29 is 0 Å². The minimum absolute atomic E-state index is 0.527. The highest BCUT2D eigenvalue weighted by Crippen LogP contribution is 1.83. The summed E-state index contributed by atoms with van der Waals surface area (Å²) in [5.41, 5.74) is 2.91. The van der Waals surface area contributed by atoms with Crippen molar-refractivity contribution in [2.75, 3.05) is 13.1 Å². The van der Waals surface area contributed by atoms with Crippen LogP contribution in [0.1, 0.15) is 33.6 Å². The average molecular weight is 233 g/mol. The maximum atomic E-state index is 7.82. The molecule has 0 bridgehead atoms. The van der Waals surface area contributed by atoms with Gasteiger partial charge in [0.1, 0.15) is 4.32 Å². The molecule has 14 heavy (non-hydrogen) atoms. The van der Waals surface area contributed by atoms with Crippen LogP contribution in [0.4, 0.5) is 0 Å². The minimum atomic E-state index is 0.527. The summed E-state index contributed by atoms with van der Waals surface area (Å²) in [6, 6.07) is 2.02. The molecule has 82 valence electrons. The summed E-state index contributed by atoms with van der Waals surface area (Å²) in [5, 5.41) is 9.80. The summed E-state index contributed by atoms with van der Waals surface area (Å²) >= 11 is 8.64. The predicted molar refractivity (Wildman–Crippen MR) is 68.2 cm³/mol. The third-order valence-electron chi connectivity index (χ3n) is 1.38. The summed E-state index contributed by atoms with van der Waals surface area (Å²) in [5.74, 6) is 0. The van der Waals surface area contributed by atoms with Crippen LogP contribution in [0.15, 0.2) is 0 Å². The summed E-state index contributed by atoms with van der Waals surface area (Å²) in [6.45, 7) is 7.99. The first-order valence-corrected chi connectivity index (χ1v) is 5.59. The molecule has 0 aliphatic carbocycles. The Hall–Kier alpha value is -0.310. The van der Waals surface area contributed by atoms with Crippen LogP contribution in [0, 0.1) is 11.3 Å². The fourth-order valence-corrected chi connectivity index (χ4v) is 0.899. The van der Waals surface area contributed by atoms with Gasteiger partial charge in [-0.05, 0) is 6.42 Å². The fourth-order valence-electron chi connectivity index (χ4n) is 0.629. The summed E-state index contributed by atoms with van der Waals surface area (Å²) < 4.78 is 0.527. The van der Waals surface area contributed by atoms with Crippen molar-refractivity contribution >= 4 is 29.2 Å². The number of hydrazine groups is 1. The van der Waals surface area contributed by atoms with Crippen molar-refractivity contribution in [3.05, 3.63) is 0 Å². The number of hydrogen-bond donors (Lipinski definition) is 2. The zero-order valence-corrected chi connectivity index (χ0v) is 10.8. The molecule has 0 unspecified atom stereocenters. The van der Waals surface area contributed by atoms with Gasteiger partial charge in [0, 0.05) is 19.5 Å². The van der Waals surface area contributed by atoms with E-state index in [0.717, 1.165) is 19.5 Å². The van der Waals surface area contributed by atoms with Crippen molar-refractivity contribution in [1.29, 1.82) is 5.26 Å². The van der Waals surface area contributed by atoms with Crippen molar-refractivity contribution in [3.8, 4) is 6.07 Å². The lowest BCUT2D eigenvalue weighted by atomic mass is 10.4. The van der Waals surface area contributed by atoms with E-state index in [1.807, 2.05) is 18.0 Å². The van der Waals surface area contributed by atoms with Crippen molar-refractivity contribution in [2.45, 2.75) is 33.6 Å². The van der Waals surface area contributed by atoms with Crippen LogP contribution in [-0.4, -0.2) is 22.4 Å². The smallest absolute Gasteiger partial charge is 0.145 e. The first kappa shape index (κ1) is 16.1. The van der Waals surface area contributed by atoms with Gasteiger partial charge in [0.15, 0.2) is 0 Å². The number of unbranched alkanes of at least 4 members (excludes halogenated alkanes) is 1. The predicted octanol–water partition coefficient (Wildman–Crippen LogP) is 2.36. The molecule has 0 aromatic rings. The van der Waals surface area contributed by atoms with Gasteiger partial charge in [-0.15, -0.1) is 12.6 Å². The highest BCUT2D eigenvalue weighted by atomic mass is 32.1. The van der Waals surface area contributed by atoms with Gasteiger partial charge in [-0.2, -0.15) is 5.26 Å². The second kappa shape index (κ2) is 12.7. The molecule has 0 aliphatic heterocycles. The highest BCUT2D eigenvalue weighted by Gasteiger charge is 1.95. The lowest BCUT2D eigenvalue weighted by Crippen LogP contribution is -2.38. The Morgan fingerprint density at radius 2 is 1.93 bits per heavy atom. The topological polar surface area (TPSA) is 39.1 Å². The standard InChI is InChI=1S/C5H12N2S2.C4H7N/c1-3-7(4-2)6-5(8)9;1-2-3-4-5/h3-4H2,1-2H3,(H2,6,8,9);2-3H2,1H3. The Bertz CT molecular complexity index is 173. The molecule has 0 heterocycles. The monoisotopic (exact) mass is 233 g/mol. The third-order valence-corrected chi connectivity index (χ3v) is 1.57. The number of nitriles is 1. The molecule has 5 heteroatoms. The summed E-state index contributed by atoms with van der Waals surface area (Å²) in [4.78, 5) is 0. The van der Waals surface area contributed by atoms with Gasteiger partial charge in [-0.3, -0.25) is 0 Å². The van der Waals surface area contributed by atoms with Crippen LogP contribution >= 0.6 is 24.8 Å². The molecule has 0 aliphatic rings. The molecule has 0 aromatic carbocycles. The Morgan fingerprint density at radius 3 is 2.00 bits per heavy atom. The Labute approximate surface area is 97.9 Å². The Kier molecular flexibility index (Phi) is 14.6. The van der Waals surface area contributed by atoms with E-state index in [-0.39, 0.29) is 0 Å². The van der Waals surface area contributed by atoms with Crippen molar-refractivity contribution in [2.24, 2.45) is 0 Å². The molecule has 0 radical (unpaired) electrons. The molecule has 0 spiro atoms. The molecule has 0 atom stereocenters. The number of rotatable bonds is 4. The largest absolute Gasteiger partial charge is 0.304 e. The van der Waals surface area contributed by atoms with Gasteiger partial charge in [0.25, 0.3) is 0 Å². The summed E-state index contributed by atoms with van der Waals surface area (Å²) in [7, 11) is 0. The van der Waals surface area contributed by atoms with Gasteiger partial charge in [-0.25, -0.2) is 5.01 Å². The van der Waals surface area contributed by atoms with Gasteiger partial charge >= 0.3 is 0 Å². The van der Waals surface area contributed by atoms with Gasteiger partial charge in [0.05, 0.1) is 6.07 Å². The molecule has 0 fully saturated rings. The second-order valence-corrected chi connectivity index (χ2v) is 3.66. The first-order valence-electron chi connectivity index (χ1n) is 4.73. The maximum absolute atomic E-state index is 7.82. The quantitative estimate of drug-likeness (QED) is 0.444. The van der Waals surface area contributed by atoms with E-state index in [4.69, 9.17) is 17.5 Å². The molecule has 1 N–H and O–H groups in total. The summed E-state index contributed by atoms with van der Waals surface area (Å²) in [6.07, 6.45) is 1.68. The van der Waals surface area contributed by atoms with E-state index in [1.165, 1.54) is 0 Å². The lowest BCUT2D eigenvalue weighted by Gasteiger charge is -2.18.